The summed E-state index contributed by atoms with van der Waals surface area (Å²) in [6.07, 6.45) is 4.06. The molecule has 31 heavy (non-hydrogen) atoms. The maximum absolute atomic E-state index is 12.9. The van der Waals surface area contributed by atoms with Crippen molar-refractivity contribution in [1.82, 2.24) is 9.97 Å². The van der Waals surface area contributed by atoms with Crippen LogP contribution in [0.1, 0.15) is 28.0 Å². The molecule has 0 aliphatic carbocycles. The molecule has 1 aromatic carbocycles. The molecule has 3 aromatic rings. The first-order chi connectivity index (χ1) is 14.8. The lowest BCUT2D eigenvalue weighted by molar-refractivity contribution is 0.102. The van der Waals surface area contributed by atoms with Crippen molar-refractivity contribution in [3.8, 4) is 0 Å². The van der Waals surface area contributed by atoms with E-state index < -0.39 is 15.9 Å². The van der Waals surface area contributed by atoms with Crippen LogP contribution in [0.4, 0.5) is 11.5 Å². The van der Waals surface area contributed by atoms with Crippen molar-refractivity contribution in [3.05, 3.63) is 81.7 Å². The highest BCUT2D eigenvalue weighted by Crippen LogP contribution is 2.27. The standard InChI is InChI=1S/C21H18Cl2N4O3S/c22-15-8-14(9-16-4-1-2-5-24-16)10-17(11-15)26-21(28)18-12-20(25-13-19(18)23)27-6-3-7-31(27,29)30/h1-2,4-5,8,10-13H,3,6-7,9H2,(H,26,28). The topological polar surface area (TPSA) is 92.3 Å². The Labute approximate surface area is 190 Å². The van der Waals surface area contributed by atoms with E-state index in [0.29, 0.717) is 30.1 Å². The van der Waals surface area contributed by atoms with Gasteiger partial charge in [-0.25, -0.2) is 13.4 Å². The fraction of sp³-hybridized carbons (Fsp3) is 0.190. The van der Waals surface area contributed by atoms with E-state index in [1.807, 2.05) is 24.3 Å². The Balaban J connectivity index is 1.58. The van der Waals surface area contributed by atoms with Crippen LogP contribution in [-0.4, -0.2) is 36.6 Å². The zero-order valence-electron chi connectivity index (χ0n) is 16.3. The zero-order valence-corrected chi connectivity index (χ0v) is 18.6. The van der Waals surface area contributed by atoms with E-state index in [9.17, 15) is 13.2 Å². The zero-order chi connectivity index (χ0) is 22.0. The maximum Gasteiger partial charge on any atom is 0.257 e. The summed E-state index contributed by atoms with van der Waals surface area (Å²) in [5, 5.41) is 3.37. The first-order valence-electron chi connectivity index (χ1n) is 9.48. The Morgan fingerprint density at radius 2 is 1.97 bits per heavy atom. The van der Waals surface area contributed by atoms with Crippen molar-refractivity contribution in [2.24, 2.45) is 0 Å². The molecule has 2 aromatic heterocycles. The Kier molecular flexibility index (Phi) is 6.13. The highest BCUT2D eigenvalue weighted by Gasteiger charge is 2.30. The van der Waals surface area contributed by atoms with Crippen LogP contribution < -0.4 is 9.62 Å². The molecule has 1 saturated heterocycles. The molecule has 1 aliphatic rings. The number of halogens is 2. The molecule has 4 rings (SSSR count). The molecular formula is C21H18Cl2N4O3S. The van der Waals surface area contributed by atoms with Crippen molar-refractivity contribution in [2.75, 3.05) is 21.9 Å². The number of hydrogen-bond donors (Lipinski definition) is 1. The van der Waals surface area contributed by atoms with Crippen molar-refractivity contribution in [3.63, 3.8) is 0 Å². The summed E-state index contributed by atoms with van der Waals surface area (Å²) in [5.41, 5.74) is 2.37. The van der Waals surface area contributed by atoms with E-state index in [1.165, 1.54) is 16.6 Å². The number of nitrogens with zero attached hydrogens (tertiary/aromatic N) is 3. The third-order valence-corrected chi connectivity index (χ3v) is 7.13. The largest absolute Gasteiger partial charge is 0.322 e. The van der Waals surface area contributed by atoms with E-state index >= 15 is 0 Å². The number of amides is 1. The van der Waals surface area contributed by atoms with Crippen LogP contribution in [0.5, 0.6) is 0 Å². The predicted octanol–water partition coefficient (Wildman–Crippen LogP) is 4.17. The van der Waals surface area contributed by atoms with Gasteiger partial charge >= 0.3 is 0 Å². The first kappa shape index (κ1) is 21.5. The molecule has 0 bridgehead atoms. The summed E-state index contributed by atoms with van der Waals surface area (Å²) in [6.45, 7) is 0.323. The maximum atomic E-state index is 12.9. The number of benzene rings is 1. The van der Waals surface area contributed by atoms with Gasteiger partial charge in [-0.1, -0.05) is 29.3 Å². The minimum atomic E-state index is -3.42. The molecule has 160 valence electrons. The molecule has 1 aliphatic heterocycles. The molecule has 0 spiro atoms. The number of nitrogens with one attached hydrogen (secondary N) is 1. The van der Waals surface area contributed by atoms with E-state index in [2.05, 4.69) is 15.3 Å². The lowest BCUT2D eigenvalue weighted by Gasteiger charge is -2.17. The molecule has 1 N–H and O–H groups in total. The highest BCUT2D eigenvalue weighted by molar-refractivity contribution is 7.93. The highest BCUT2D eigenvalue weighted by atomic mass is 35.5. The Hall–Kier alpha value is -2.68. The van der Waals surface area contributed by atoms with Gasteiger partial charge in [0.25, 0.3) is 5.91 Å². The fourth-order valence-electron chi connectivity index (χ4n) is 3.37. The summed E-state index contributed by atoms with van der Waals surface area (Å²) >= 11 is 12.4. The predicted molar refractivity (Wildman–Crippen MR) is 121 cm³/mol. The third kappa shape index (κ3) is 4.98. The van der Waals surface area contributed by atoms with Crippen LogP contribution in [0.3, 0.4) is 0 Å². The number of hydrogen-bond acceptors (Lipinski definition) is 5. The van der Waals surface area contributed by atoms with Crippen LogP contribution in [0, 0.1) is 0 Å². The molecule has 3 heterocycles. The van der Waals surface area contributed by atoms with Gasteiger partial charge in [0.1, 0.15) is 5.82 Å². The average molecular weight is 477 g/mol. The van der Waals surface area contributed by atoms with E-state index in [1.54, 1.807) is 18.3 Å². The van der Waals surface area contributed by atoms with Crippen LogP contribution in [0.25, 0.3) is 0 Å². The Bertz CT molecular complexity index is 1240. The first-order valence-corrected chi connectivity index (χ1v) is 11.8. The minimum Gasteiger partial charge on any atom is -0.322 e. The van der Waals surface area contributed by atoms with Crippen molar-refractivity contribution in [2.45, 2.75) is 12.8 Å². The molecule has 0 saturated carbocycles. The van der Waals surface area contributed by atoms with Crippen molar-refractivity contribution >= 4 is 50.6 Å². The lowest BCUT2D eigenvalue weighted by Crippen LogP contribution is -2.26. The molecule has 7 nitrogen and oxygen atoms in total. The monoisotopic (exact) mass is 476 g/mol. The van der Waals surface area contributed by atoms with Crippen LogP contribution in [0.15, 0.2) is 54.9 Å². The van der Waals surface area contributed by atoms with Gasteiger partial charge in [0.15, 0.2) is 0 Å². The number of carbonyl (C=O) groups is 1. The van der Waals surface area contributed by atoms with Gasteiger partial charge in [-0.15, -0.1) is 0 Å². The Morgan fingerprint density at radius 1 is 1.13 bits per heavy atom. The van der Waals surface area contributed by atoms with E-state index in [0.717, 1.165) is 11.3 Å². The molecule has 1 amide bonds. The van der Waals surface area contributed by atoms with E-state index in [4.69, 9.17) is 23.2 Å². The van der Waals surface area contributed by atoms with Crippen molar-refractivity contribution in [1.29, 1.82) is 0 Å². The third-order valence-electron chi connectivity index (χ3n) is 4.77. The number of pyridine rings is 2. The number of anilines is 2. The summed E-state index contributed by atoms with van der Waals surface area (Å²) in [4.78, 5) is 21.3. The van der Waals surface area contributed by atoms with Gasteiger partial charge in [0.2, 0.25) is 10.0 Å². The molecule has 0 atom stereocenters. The number of rotatable bonds is 5. The van der Waals surface area contributed by atoms with Gasteiger partial charge < -0.3 is 5.32 Å². The second-order valence-corrected chi connectivity index (χ2v) is 9.92. The fourth-order valence-corrected chi connectivity index (χ4v) is 5.32. The molecule has 0 unspecified atom stereocenters. The number of sulfonamides is 1. The lowest BCUT2D eigenvalue weighted by atomic mass is 10.1. The van der Waals surface area contributed by atoms with Crippen LogP contribution in [-0.2, 0) is 16.4 Å². The summed E-state index contributed by atoms with van der Waals surface area (Å²) < 4.78 is 25.6. The van der Waals surface area contributed by atoms with Gasteiger partial charge in [0, 0.05) is 41.8 Å². The smallest absolute Gasteiger partial charge is 0.257 e. The molecular weight excluding hydrogens is 459 g/mol. The summed E-state index contributed by atoms with van der Waals surface area (Å²) in [6, 6.07) is 12.3. The number of aromatic nitrogens is 2. The van der Waals surface area contributed by atoms with Gasteiger partial charge in [-0.3, -0.25) is 14.1 Å². The SMILES string of the molecule is O=C(Nc1cc(Cl)cc(Cc2ccccn2)c1)c1cc(N2CCCS2(=O)=O)ncc1Cl. The molecule has 0 radical (unpaired) electrons. The summed E-state index contributed by atoms with van der Waals surface area (Å²) in [7, 11) is -3.42. The van der Waals surface area contributed by atoms with Crippen LogP contribution >= 0.6 is 23.2 Å². The van der Waals surface area contributed by atoms with E-state index in [-0.39, 0.29) is 22.2 Å². The minimum absolute atomic E-state index is 0.0560. The second-order valence-electron chi connectivity index (χ2n) is 7.06. The average Bonchev–Trinajstić information content (AvgIpc) is 3.07. The van der Waals surface area contributed by atoms with Gasteiger partial charge in [-0.05, 0) is 48.4 Å². The number of carbonyl (C=O) groups excluding carboxylic acids is 1. The normalized spacial score (nSPS) is 15.1. The molecule has 10 heteroatoms. The van der Waals surface area contributed by atoms with Gasteiger partial charge in [0.05, 0.1) is 16.3 Å². The Morgan fingerprint density at radius 3 is 2.68 bits per heavy atom. The van der Waals surface area contributed by atoms with Crippen molar-refractivity contribution < 1.29 is 13.2 Å². The quantitative estimate of drug-likeness (QED) is 0.596. The summed E-state index contributed by atoms with van der Waals surface area (Å²) in [5.74, 6) is -0.259. The molecule has 1 fully saturated rings. The second kappa shape index (κ2) is 8.82. The van der Waals surface area contributed by atoms with Gasteiger partial charge in [-0.2, -0.15) is 0 Å². The van der Waals surface area contributed by atoms with Crippen LogP contribution in [0.2, 0.25) is 10.0 Å².